The smallest absolute Gasteiger partial charge is 0.155 e. The van der Waals surface area contributed by atoms with Crippen molar-refractivity contribution in [3.05, 3.63) is 11.6 Å². The SMILES string of the molecule is CC(=O)C1=C[C@]2(C)[C@@H](CCC[C@H]2C)CC1. The third-order valence-electron chi connectivity index (χ3n) is 4.83. The number of hydrogen-bond acceptors (Lipinski definition) is 1. The molecular formula is C14H22O. The molecule has 0 N–H and O–H groups in total. The average Bonchev–Trinajstić information content (AvgIpc) is 2.19. The Hall–Kier alpha value is -0.590. The van der Waals surface area contributed by atoms with Crippen molar-refractivity contribution in [1.82, 2.24) is 0 Å². The number of carbonyl (C=O) groups excluding carboxylic acids is 1. The zero-order valence-corrected chi connectivity index (χ0v) is 10.2. The van der Waals surface area contributed by atoms with Crippen LogP contribution < -0.4 is 0 Å². The second-order valence-corrected chi connectivity index (χ2v) is 5.66. The number of rotatable bonds is 1. The van der Waals surface area contributed by atoms with E-state index < -0.39 is 0 Å². The monoisotopic (exact) mass is 206 g/mol. The lowest BCUT2D eigenvalue weighted by atomic mass is 9.57. The molecule has 0 saturated heterocycles. The summed E-state index contributed by atoms with van der Waals surface area (Å²) < 4.78 is 0. The molecule has 0 heterocycles. The van der Waals surface area contributed by atoms with Crippen LogP contribution in [0.3, 0.4) is 0 Å². The molecule has 3 atom stereocenters. The molecule has 2 rings (SSSR count). The van der Waals surface area contributed by atoms with E-state index >= 15 is 0 Å². The summed E-state index contributed by atoms with van der Waals surface area (Å²) in [5, 5.41) is 0. The number of carbonyl (C=O) groups is 1. The first-order valence-electron chi connectivity index (χ1n) is 6.26. The highest BCUT2D eigenvalue weighted by Crippen LogP contribution is 2.51. The number of hydrogen-bond donors (Lipinski definition) is 0. The zero-order chi connectivity index (χ0) is 11.1. The van der Waals surface area contributed by atoms with Crippen molar-refractivity contribution >= 4 is 5.78 Å². The Morgan fingerprint density at radius 3 is 2.80 bits per heavy atom. The van der Waals surface area contributed by atoms with Crippen LogP contribution in [0.15, 0.2) is 11.6 Å². The van der Waals surface area contributed by atoms with E-state index in [9.17, 15) is 4.79 Å². The number of Topliss-reactive ketones (excluding diaryl/α,β-unsaturated/α-hetero) is 1. The molecule has 15 heavy (non-hydrogen) atoms. The van der Waals surface area contributed by atoms with Gasteiger partial charge in [-0.05, 0) is 55.4 Å². The average molecular weight is 206 g/mol. The van der Waals surface area contributed by atoms with E-state index in [-0.39, 0.29) is 5.78 Å². The Morgan fingerprint density at radius 2 is 2.13 bits per heavy atom. The van der Waals surface area contributed by atoms with E-state index in [0.717, 1.165) is 23.8 Å². The number of allylic oxidation sites excluding steroid dienone is 2. The Labute approximate surface area is 92.9 Å². The van der Waals surface area contributed by atoms with Gasteiger partial charge in [-0.15, -0.1) is 0 Å². The van der Waals surface area contributed by atoms with Gasteiger partial charge in [-0.3, -0.25) is 4.79 Å². The zero-order valence-electron chi connectivity index (χ0n) is 10.2. The molecule has 0 amide bonds. The molecule has 1 nitrogen and oxygen atoms in total. The molecule has 0 unspecified atom stereocenters. The van der Waals surface area contributed by atoms with Crippen LogP contribution in [0.5, 0.6) is 0 Å². The first kappa shape index (κ1) is 10.9. The lowest BCUT2D eigenvalue weighted by Crippen LogP contribution is -2.38. The molecule has 0 bridgehead atoms. The largest absolute Gasteiger partial charge is 0.295 e. The van der Waals surface area contributed by atoms with Gasteiger partial charge in [0, 0.05) is 0 Å². The summed E-state index contributed by atoms with van der Waals surface area (Å²) in [5.41, 5.74) is 1.39. The van der Waals surface area contributed by atoms with Gasteiger partial charge in [0.1, 0.15) is 0 Å². The van der Waals surface area contributed by atoms with E-state index in [1.807, 2.05) is 0 Å². The summed E-state index contributed by atoms with van der Waals surface area (Å²) >= 11 is 0. The predicted molar refractivity (Wildman–Crippen MR) is 62.6 cm³/mol. The van der Waals surface area contributed by atoms with Crippen LogP contribution in [0.2, 0.25) is 0 Å². The molecule has 0 aromatic carbocycles. The van der Waals surface area contributed by atoms with Gasteiger partial charge in [0.05, 0.1) is 0 Å². The van der Waals surface area contributed by atoms with Gasteiger partial charge in [0.2, 0.25) is 0 Å². The van der Waals surface area contributed by atoms with Crippen LogP contribution in [0.25, 0.3) is 0 Å². The van der Waals surface area contributed by atoms with Crippen LogP contribution in [-0.4, -0.2) is 5.78 Å². The molecule has 1 fully saturated rings. The van der Waals surface area contributed by atoms with Gasteiger partial charge in [-0.2, -0.15) is 0 Å². The Morgan fingerprint density at radius 1 is 1.40 bits per heavy atom. The van der Waals surface area contributed by atoms with Gasteiger partial charge >= 0.3 is 0 Å². The first-order valence-corrected chi connectivity index (χ1v) is 6.26. The van der Waals surface area contributed by atoms with Crippen molar-refractivity contribution in [2.75, 3.05) is 0 Å². The summed E-state index contributed by atoms with van der Waals surface area (Å²) in [6, 6.07) is 0. The van der Waals surface area contributed by atoms with Crippen LogP contribution >= 0.6 is 0 Å². The molecule has 1 heteroatoms. The maximum atomic E-state index is 11.5. The second kappa shape index (κ2) is 3.77. The minimum absolute atomic E-state index is 0.285. The summed E-state index contributed by atoms with van der Waals surface area (Å²) in [5.74, 6) is 1.85. The van der Waals surface area contributed by atoms with Gasteiger partial charge in [-0.25, -0.2) is 0 Å². The fourth-order valence-corrected chi connectivity index (χ4v) is 3.47. The van der Waals surface area contributed by atoms with Crippen molar-refractivity contribution in [2.45, 2.75) is 52.9 Å². The predicted octanol–water partition coefficient (Wildman–Crippen LogP) is 3.74. The van der Waals surface area contributed by atoms with E-state index in [1.54, 1.807) is 6.92 Å². The van der Waals surface area contributed by atoms with Gasteiger partial charge in [0.25, 0.3) is 0 Å². The lowest BCUT2D eigenvalue weighted by Gasteiger charge is -2.47. The standard InChI is InChI=1S/C14H22O/c1-10-5-4-6-13-8-7-12(11(2)15)9-14(10,13)3/h9-10,13H,4-8H2,1-3H3/t10-,13+,14+/m1/s1. The normalized spacial score (nSPS) is 40.6. The molecule has 0 aromatic rings. The van der Waals surface area contributed by atoms with E-state index in [4.69, 9.17) is 0 Å². The third kappa shape index (κ3) is 1.77. The van der Waals surface area contributed by atoms with Gasteiger partial charge in [-0.1, -0.05) is 26.3 Å². The highest BCUT2D eigenvalue weighted by Gasteiger charge is 2.42. The number of ketones is 1. The minimum atomic E-state index is 0.285. The van der Waals surface area contributed by atoms with Crippen molar-refractivity contribution in [1.29, 1.82) is 0 Å². The summed E-state index contributed by atoms with van der Waals surface area (Å²) in [6.45, 7) is 6.43. The molecule has 1 saturated carbocycles. The fourth-order valence-electron chi connectivity index (χ4n) is 3.47. The maximum Gasteiger partial charge on any atom is 0.155 e. The van der Waals surface area contributed by atoms with Crippen molar-refractivity contribution in [3.8, 4) is 0 Å². The minimum Gasteiger partial charge on any atom is -0.295 e. The molecule has 0 radical (unpaired) electrons. The maximum absolute atomic E-state index is 11.5. The third-order valence-corrected chi connectivity index (χ3v) is 4.83. The molecule has 2 aliphatic rings. The topological polar surface area (TPSA) is 17.1 Å². The van der Waals surface area contributed by atoms with Crippen molar-refractivity contribution in [2.24, 2.45) is 17.3 Å². The van der Waals surface area contributed by atoms with Gasteiger partial charge in [0.15, 0.2) is 5.78 Å². The van der Waals surface area contributed by atoms with E-state index in [2.05, 4.69) is 19.9 Å². The highest BCUT2D eigenvalue weighted by atomic mass is 16.1. The molecule has 0 spiro atoms. The summed E-state index contributed by atoms with van der Waals surface area (Å²) in [4.78, 5) is 11.5. The van der Waals surface area contributed by atoms with Crippen LogP contribution in [0.1, 0.15) is 52.9 Å². The second-order valence-electron chi connectivity index (χ2n) is 5.66. The van der Waals surface area contributed by atoms with Gasteiger partial charge < -0.3 is 0 Å². The van der Waals surface area contributed by atoms with Crippen LogP contribution in [0, 0.1) is 17.3 Å². The number of fused-ring (bicyclic) bond motifs is 1. The quantitative estimate of drug-likeness (QED) is 0.638. The molecule has 84 valence electrons. The fraction of sp³-hybridized carbons (Fsp3) is 0.786. The van der Waals surface area contributed by atoms with Crippen LogP contribution in [-0.2, 0) is 4.79 Å². The molecule has 0 aromatic heterocycles. The molecular weight excluding hydrogens is 184 g/mol. The van der Waals surface area contributed by atoms with E-state index in [1.165, 1.54) is 25.7 Å². The van der Waals surface area contributed by atoms with Crippen molar-refractivity contribution < 1.29 is 4.79 Å². The first-order chi connectivity index (χ1) is 7.04. The van der Waals surface area contributed by atoms with Crippen molar-refractivity contribution in [3.63, 3.8) is 0 Å². The van der Waals surface area contributed by atoms with Crippen LogP contribution in [0.4, 0.5) is 0 Å². The highest BCUT2D eigenvalue weighted by molar-refractivity contribution is 5.93. The molecule has 2 aliphatic carbocycles. The summed E-state index contributed by atoms with van der Waals surface area (Å²) in [7, 11) is 0. The molecule has 0 aliphatic heterocycles. The Balaban J connectivity index is 2.32. The van der Waals surface area contributed by atoms with E-state index in [0.29, 0.717) is 5.41 Å². The lowest BCUT2D eigenvalue weighted by molar-refractivity contribution is -0.114. The Kier molecular flexibility index (Phi) is 2.74. The Bertz CT molecular complexity index is 302. The summed E-state index contributed by atoms with van der Waals surface area (Å²) in [6.07, 6.45) is 8.63.